The Bertz CT molecular complexity index is 956. The number of fused-ring (bicyclic) bond motifs is 1. The Hall–Kier alpha value is -2.95. The van der Waals surface area contributed by atoms with Crippen LogP contribution in [0.1, 0.15) is 43.2 Å². The first-order valence-electron chi connectivity index (χ1n) is 8.56. The van der Waals surface area contributed by atoms with E-state index in [1.54, 1.807) is 18.1 Å². The standard InChI is InChI=1S/C21H24N4O/c1-12-10-15(8-9-24-12)19(23)13(2)18(22)14-6-7-16-17(11-14)25(5)20(26)21(16,3)4/h6-11,23H,22H2,1-5H3/b18-13-,23-19?. The van der Waals surface area contributed by atoms with Crippen LogP contribution in [-0.2, 0) is 10.2 Å². The Balaban J connectivity index is 2.03. The minimum absolute atomic E-state index is 0.0731. The molecule has 0 saturated heterocycles. The van der Waals surface area contributed by atoms with E-state index in [1.165, 1.54) is 0 Å². The highest BCUT2D eigenvalue weighted by Gasteiger charge is 2.42. The number of carbonyl (C=O) groups is 1. The number of rotatable bonds is 3. The third-order valence-electron chi connectivity index (χ3n) is 5.15. The van der Waals surface area contributed by atoms with E-state index in [2.05, 4.69) is 4.98 Å². The number of aryl methyl sites for hydroxylation is 1. The lowest BCUT2D eigenvalue weighted by Gasteiger charge is -2.16. The molecule has 0 spiro atoms. The lowest BCUT2D eigenvalue weighted by molar-refractivity contribution is -0.121. The van der Waals surface area contributed by atoms with Gasteiger partial charge >= 0.3 is 0 Å². The fraction of sp³-hybridized carbons (Fsp3) is 0.286. The highest BCUT2D eigenvalue weighted by molar-refractivity contribution is 6.14. The number of nitrogens with two attached hydrogens (primary N) is 1. The van der Waals surface area contributed by atoms with Gasteiger partial charge in [0.2, 0.25) is 5.91 Å². The van der Waals surface area contributed by atoms with Crippen LogP contribution in [0, 0.1) is 12.3 Å². The van der Waals surface area contributed by atoms with Gasteiger partial charge in [-0.25, -0.2) is 0 Å². The van der Waals surface area contributed by atoms with Crippen LogP contribution >= 0.6 is 0 Å². The number of hydrogen-bond donors (Lipinski definition) is 2. The van der Waals surface area contributed by atoms with Crippen LogP contribution < -0.4 is 10.6 Å². The first-order valence-corrected chi connectivity index (χ1v) is 8.56. The maximum atomic E-state index is 12.5. The second-order valence-electron chi connectivity index (χ2n) is 7.32. The lowest BCUT2D eigenvalue weighted by Crippen LogP contribution is -2.33. The SMILES string of the molecule is C/C(C(=N)c1ccnc(C)c1)=C(/N)c1ccc2c(c1)N(C)C(=O)C2(C)C. The van der Waals surface area contributed by atoms with Crippen molar-refractivity contribution in [3.05, 3.63) is 64.5 Å². The number of allylic oxidation sites excluding steroid dienone is 1. The second kappa shape index (κ2) is 6.09. The van der Waals surface area contributed by atoms with E-state index < -0.39 is 5.41 Å². The molecule has 134 valence electrons. The van der Waals surface area contributed by atoms with E-state index in [0.29, 0.717) is 17.0 Å². The fourth-order valence-electron chi connectivity index (χ4n) is 3.42. The molecule has 0 atom stereocenters. The average Bonchev–Trinajstić information content (AvgIpc) is 2.80. The largest absolute Gasteiger partial charge is 0.398 e. The highest BCUT2D eigenvalue weighted by atomic mass is 16.2. The summed E-state index contributed by atoms with van der Waals surface area (Å²) < 4.78 is 0. The molecule has 3 rings (SSSR count). The number of benzene rings is 1. The van der Waals surface area contributed by atoms with Crippen molar-refractivity contribution >= 4 is 23.0 Å². The molecule has 1 aromatic heterocycles. The van der Waals surface area contributed by atoms with E-state index in [4.69, 9.17) is 11.1 Å². The van der Waals surface area contributed by atoms with Gasteiger partial charge in [-0.1, -0.05) is 12.1 Å². The lowest BCUT2D eigenvalue weighted by atomic mass is 9.85. The van der Waals surface area contributed by atoms with Gasteiger partial charge in [-0.05, 0) is 62.6 Å². The number of pyridine rings is 1. The first-order chi connectivity index (χ1) is 12.1. The first kappa shape index (κ1) is 17.9. The van der Waals surface area contributed by atoms with Crippen molar-refractivity contribution in [3.63, 3.8) is 0 Å². The Kier molecular flexibility index (Phi) is 4.18. The smallest absolute Gasteiger partial charge is 0.236 e. The molecule has 0 saturated carbocycles. The maximum absolute atomic E-state index is 12.5. The fourth-order valence-corrected chi connectivity index (χ4v) is 3.42. The summed E-state index contributed by atoms with van der Waals surface area (Å²) in [4.78, 5) is 18.3. The summed E-state index contributed by atoms with van der Waals surface area (Å²) in [5, 5.41) is 8.47. The van der Waals surface area contributed by atoms with Crippen LogP contribution in [0.25, 0.3) is 5.70 Å². The molecule has 0 unspecified atom stereocenters. The quantitative estimate of drug-likeness (QED) is 0.834. The average molecular weight is 348 g/mol. The molecular weight excluding hydrogens is 324 g/mol. The molecule has 1 amide bonds. The Morgan fingerprint density at radius 2 is 1.88 bits per heavy atom. The van der Waals surface area contributed by atoms with Gasteiger partial charge in [-0.3, -0.25) is 15.2 Å². The summed E-state index contributed by atoms with van der Waals surface area (Å²) in [7, 11) is 1.79. The van der Waals surface area contributed by atoms with Gasteiger partial charge in [-0.15, -0.1) is 0 Å². The number of nitrogens with zero attached hydrogens (tertiary/aromatic N) is 2. The summed E-state index contributed by atoms with van der Waals surface area (Å²) in [5.41, 5.74) is 11.8. The number of amides is 1. The Morgan fingerprint density at radius 3 is 2.54 bits per heavy atom. The normalized spacial score (nSPS) is 16.3. The predicted octanol–water partition coefficient (Wildman–Crippen LogP) is 3.40. The van der Waals surface area contributed by atoms with Gasteiger partial charge in [-0.2, -0.15) is 0 Å². The summed E-state index contributed by atoms with van der Waals surface area (Å²) in [5.74, 6) is 0.0731. The molecule has 0 bridgehead atoms. The number of carbonyl (C=O) groups excluding carboxylic acids is 1. The zero-order valence-electron chi connectivity index (χ0n) is 15.8. The van der Waals surface area contributed by atoms with Gasteiger partial charge in [0.15, 0.2) is 0 Å². The van der Waals surface area contributed by atoms with E-state index in [9.17, 15) is 4.79 Å². The van der Waals surface area contributed by atoms with Crippen LogP contribution in [0.15, 0.2) is 42.1 Å². The van der Waals surface area contributed by atoms with Crippen LogP contribution in [0.2, 0.25) is 0 Å². The summed E-state index contributed by atoms with van der Waals surface area (Å²) in [6.07, 6.45) is 1.70. The summed E-state index contributed by atoms with van der Waals surface area (Å²) in [6.45, 7) is 7.61. The van der Waals surface area contributed by atoms with Gasteiger partial charge < -0.3 is 10.6 Å². The molecule has 0 aliphatic carbocycles. The van der Waals surface area contributed by atoms with E-state index >= 15 is 0 Å². The third-order valence-corrected chi connectivity index (χ3v) is 5.15. The number of likely N-dealkylation sites (N-methyl/N-ethyl adjacent to an activating group) is 1. The third kappa shape index (κ3) is 2.69. The van der Waals surface area contributed by atoms with Crippen molar-refractivity contribution in [3.8, 4) is 0 Å². The number of nitrogens with one attached hydrogen (secondary N) is 1. The van der Waals surface area contributed by atoms with Crippen LogP contribution in [0.5, 0.6) is 0 Å². The van der Waals surface area contributed by atoms with Crippen LogP contribution in [0.4, 0.5) is 5.69 Å². The van der Waals surface area contributed by atoms with Crippen LogP contribution in [0.3, 0.4) is 0 Å². The molecule has 0 radical (unpaired) electrons. The van der Waals surface area contributed by atoms with E-state index in [0.717, 1.165) is 28.1 Å². The maximum Gasteiger partial charge on any atom is 0.236 e. The zero-order chi connectivity index (χ0) is 19.2. The molecule has 1 aliphatic heterocycles. The van der Waals surface area contributed by atoms with Crippen molar-refractivity contribution in [1.82, 2.24) is 4.98 Å². The van der Waals surface area contributed by atoms with E-state index in [1.807, 2.05) is 58.0 Å². The van der Waals surface area contributed by atoms with Crippen molar-refractivity contribution in [2.24, 2.45) is 5.73 Å². The molecule has 1 aromatic carbocycles. The molecule has 2 heterocycles. The molecule has 0 fully saturated rings. The molecule has 2 aromatic rings. The Morgan fingerprint density at radius 1 is 1.19 bits per heavy atom. The van der Waals surface area contributed by atoms with Crippen molar-refractivity contribution in [2.45, 2.75) is 33.1 Å². The number of anilines is 1. The van der Waals surface area contributed by atoms with Gasteiger partial charge in [0.25, 0.3) is 0 Å². The van der Waals surface area contributed by atoms with Gasteiger partial charge in [0.05, 0.1) is 11.1 Å². The number of aromatic nitrogens is 1. The topological polar surface area (TPSA) is 83.1 Å². The molecular formula is C21H24N4O. The van der Waals surface area contributed by atoms with Crippen molar-refractivity contribution in [2.75, 3.05) is 11.9 Å². The molecule has 5 heteroatoms. The van der Waals surface area contributed by atoms with Gasteiger partial charge in [0, 0.05) is 35.9 Å². The second-order valence-corrected chi connectivity index (χ2v) is 7.32. The van der Waals surface area contributed by atoms with Crippen LogP contribution in [-0.4, -0.2) is 23.7 Å². The monoisotopic (exact) mass is 348 g/mol. The van der Waals surface area contributed by atoms with Crippen molar-refractivity contribution in [1.29, 1.82) is 5.41 Å². The minimum atomic E-state index is -0.530. The van der Waals surface area contributed by atoms with Gasteiger partial charge in [0.1, 0.15) is 0 Å². The molecule has 5 nitrogen and oxygen atoms in total. The minimum Gasteiger partial charge on any atom is -0.398 e. The Labute approximate surface area is 154 Å². The summed E-state index contributed by atoms with van der Waals surface area (Å²) in [6, 6.07) is 9.51. The van der Waals surface area contributed by atoms with E-state index in [-0.39, 0.29) is 5.91 Å². The molecule has 3 N–H and O–H groups in total. The number of hydrogen-bond acceptors (Lipinski definition) is 4. The summed E-state index contributed by atoms with van der Waals surface area (Å²) >= 11 is 0. The predicted molar refractivity (Wildman–Crippen MR) is 105 cm³/mol. The molecule has 26 heavy (non-hydrogen) atoms. The zero-order valence-corrected chi connectivity index (χ0v) is 15.8. The molecule has 1 aliphatic rings. The van der Waals surface area contributed by atoms with Crippen molar-refractivity contribution < 1.29 is 4.79 Å². The highest BCUT2D eigenvalue weighted by Crippen LogP contribution is 2.41.